The fourth-order valence-corrected chi connectivity index (χ4v) is 4.27. The highest BCUT2D eigenvalue weighted by Crippen LogP contribution is 2.40. The molecule has 0 aliphatic heterocycles. The van der Waals surface area contributed by atoms with Crippen LogP contribution in [0.25, 0.3) is 0 Å². The fourth-order valence-electron chi connectivity index (χ4n) is 3.76. The van der Waals surface area contributed by atoms with Crippen molar-refractivity contribution in [1.82, 2.24) is 0 Å². The van der Waals surface area contributed by atoms with Crippen LogP contribution in [0.3, 0.4) is 0 Å². The zero-order valence-electron chi connectivity index (χ0n) is 9.89. The van der Waals surface area contributed by atoms with Gasteiger partial charge in [0.25, 0.3) is 0 Å². The molecule has 2 aliphatic carbocycles. The van der Waals surface area contributed by atoms with Gasteiger partial charge in [0.1, 0.15) is 0 Å². The Bertz CT molecular complexity index is 148. The third-order valence-electron chi connectivity index (χ3n) is 4.69. The Hall–Kier alpha value is 0.290. The highest BCUT2D eigenvalue weighted by atomic mass is 35.5. The lowest BCUT2D eigenvalue weighted by Crippen LogP contribution is -2.28. The lowest BCUT2D eigenvalue weighted by atomic mass is 9.70. The maximum absolute atomic E-state index is 6.23. The topological polar surface area (TPSA) is 0 Å². The van der Waals surface area contributed by atoms with Crippen molar-refractivity contribution in [1.29, 1.82) is 0 Å². The van der Waals surface area contributed by atoms with Crippen molar-refractivity contribution < 1.29 is 0 Å². The van der Waals surface area contributed by atoms with Crippen molar-refractivity contribution >= 4 is 11.6 Å². The number of alkyl halides is 1. The predicted octanol–water partition coefficient (Wildman–Crippen LogP) is 5.00. The molecule has 0 aromatic rings. The van der Waals surface area contributed by atoms with Crippen LogP contribution in [-0.2, 0) is 0 Å². The zero-order chi connectivity index (χ0) is 10.5. The number of hydrogen-bond donors (Lipinski definition) is 0. The first kappa shape index (κ1) is 11.8. The summed E-state index contributed by atoms with van der Waals surface area (Å²) in [4.78, 5) is 0. The van der Waals surface area contributed by atoms with Crippen LogP contribution in [0.5, 0.6) is 0 Å². The van der Waals surface area contributed by atoms with Crippen LogP contribution in [-0.4, -0.2) is 5.88 Å². The fraction of sp³-hybridized carbons (Fsp3) is 1.00. The Morgan fingerprint density at radius 1 is 0.733 bits per heavy atom. The highest BCUT2D eigenvalue weighted by molar-refractivity contribution is 6.18. The molecule has 0 aromatic carbocycles. The maximum Gasteiger partial charge on any atom is 0.0257 e. The first-order valence-electron chi connectivity index (χ1n) is 6.98. The minimum Gasteiger partial charge on any atom is -0.126 e. The second-order valence-corrected chi connectivity index (χ2v) is 5.92. The number of hydrogen-bond acceptors (Lipinski definition) is 0. The summed E-state index contributed by atoms with van der Waals surface area (Å²) in [6, 6.07) is 0. The minimum absolute atomic E-state index is 0.854. The van der Waals surface area contributed by atoms with Crippen LogP contribution in [0.4, 0.5) is 0 Å². The van der Waals surface area contributed by atoms with Gasteiger partial charge in [0, 0.05) is 5.88 Å². The second-order valence-electron chi connectivity index (χ2n) is 5.61. The van der Waals surface area contributed by atoms with Gasteiger partial charge < -0.3 is 0 Å². The van der Waals surface area contributed by atoms with Crippen molar-refractivity contribution in [2.45, 2.75) is 64.2 Å². The quantitative estimate of drug-likeness (QED) is 0.597. The van der Waals surface area contributed by atoms with Gasteiger partial charge in [0.2, 0.25) is 0 Å². The summed E-state index contributed by atoms with van der Waals surface area (Å²) in [6.07, 6.45) is 14.7. The molecule has 2 aliphatic rings. The van der Waals surface area contributed by atoms with Gasteiger partial charge in [-0.15, -0.1) is 11.6 Å². The summed E-state index contributed by atoms with van der Waals surface area (Å²) in [5.41, 5.74) is 0. The van der Waals surface area contributed by atoms with E-state index in [4.69, 9.17) is 11.6 Å². The monoisotopic (exact) mass is 228 g/mol. The van der Waals surface area contributed by atoms with Gasteiger partial charge in [-0.2, -0.15) is 0 Å². The largest absolute Gasteiger partial charge is 0.126 e. The van der Waals surface area contributed by atoms with Crippen LogP contribution in [0.15, 0.2) is 0 Å². The second kappa shape index (κ2) is 6.13. The Morgan fingerprint density at radius 2 is 1.13 bits per heavy atom. The molecular weight excluding hydrogens is 204 g/mol. The molecule has 0 N–H and O–H groups in total. The molecule has 2 saturated carbocycles. The van der Waals surface area contributed by atoms with Crippen LogP contribution < -0.4 is 0 Å². The molecule has 0 nitrogen and oxygen atoms in total. The van der Waals surface area contributed by atoms with Gasteiger partial charge >= 0.3 is 0 Å². The molecule has 0 aromatic heterocycles. The van der Waals surface area contributed by atoms with Crippen molar-refractivity contribution in [3.63, 3.8) is 0 Å². The summed E-state index contributed by atoms with van der Waals surface area (Å²) in [5.74, 6) is 3.72. The normalized spacial score (nSPS) is 26.0. The van der Waals surface area contributed by atoms with Crippen LogP contribution in [0.1, 0.15) is 64.2 Å². The molecule has 2 rings (SSSR count). The predicted molar refractivity (Wildman–Crippen MR) is 67.4 cm³/mol. The summed E-state index contributed by atoms with van der Waals surface area (Å²) in [6.45, 7) is 0. The van der Waals surface area contributed by atoms with Gasteiger partial charge in [-0.25, -0.2) is 0 Å². The molecule has 0 amide bonds. The maximum atomic E-state index is 6.23. The van der Waals surface area contributed by atoms with E-state index in [9.17, 15) is 0 Å². The Balaban J connectivity index is 1.88. The van der Waals surface area contributed by atoms with Gasteiger partial charge in [-0.1, -0.05) is 64.2 Å². The average molecular weight is 229 g/mol. The van der Waals surface area contributed by atoms with E-state index < -0.39 is 0 Å². The molecule has 0 spiro atoms. The molecule has 0 bridgehead atoms. The van der Waals surface area contributed by atoms with E-state index in [-0.39, 0.29) is 0 Å². The molecule has 15 heavy (non-hydrogen) atoms. The van der Waals surface area contributed by atoms with E-state index >= 15 is 0 Å². The molecule has 88 valence electrons. The average Bonchev–Trinajstić information content (AvgIpc) is 2.33. The van der Waals surface area contributed by atoms with Crippen molar-refractivity contribution in [2.75, 3.05) is 5.88 Å². The summed E-state index contributed by atoms with van der Waals surface area (Å²) < 4.78 is 0. The smallest absolute Gasteiger partial charge is 0.0257 e. The van der Waals surface area contributed by atoms with E-state index in [1.807, 2.05) is 0 Å². The van der Waals surface area contributed by atoms with Crippen molar-refractivity contribution in [3.8, 4) is 0 Å². The summed E-state index contributed by atoms with van der Waals surface area (Å²) in [5, 5.41) is 0. The first-order chi connectivity index (χ1) is 7.42. The highest BCUT2D eigenvalue weighted by Gasteiger charge is 2.30. The number of rotatable bonds is 3. The van der Waals surface area contributed by atoms with Crippen LogP contribution in [0.2, 0.25) is 0 Å². The van der Waals surface area contributed by atoms with E-state index in [1.54, 1.807) is 0 Å². The van der Waals surface area contributed by atoms with E-state index in [0.29, 0.717) is 0 Å². The molecule has 0 unspecified atom stereocenters. The van der Waals surface area contributed by atoms with E-state index in [1.165, 1.54) is 64.2 Å². The van der Waals surface area contributed by atoms with Crippen molar-refractivity contribution in [2.24, 2.45) is 17.8 Å². The summed E-state index contributed by atoms with van der Waals surface area (Å²) >= 11 is 6.23. The molecular formula is C14H25Cl. The van der Waals surface area contributed by atoms with E-state index in [0.717, 1.165) is 23.6 Å². The molecule has 0 saturated heterocycles. The van der Waals surface area contributed by atoms with Crippen LogP contribution >= 0.6 is 11.6 Å². The Morgan fingerprint density at radius 3 is 1.47 bits per heavy atom. The number of halogens is 1. The third-order valence-corrected chi connectivity index (χ3v) is 5.05. The first-order valence-corrected chi connectivity index (χ1v) is 7.51. The third kappa shape index (κ3) is 3.12. The van der Waals surface area contributed by atoms with Gasteiger partial charge in [0.05, 0.1) is 0 Å². The lowest BCUT2D eigenvalue weighted by molar-refractivity contribution is 0.162. The zero-order valence-corrected chi connectivity index (χ0v) is 10.6. The molecule has 0 radical (unpaired) electrons. The molecule has 0 atom stereocenters. The van der Waals surface area contributed by atoms with Gasteiger partial charge in [-0.3, -0.25) is 0 Å². The Labute approximate surface area is 99.8 Å². The van der Waals surface area contributed by atoms with Crippen LogP contribution in [0, 0.1) is 17.8 Å². The standard InChI is InChI=1S/C14H25Cl/c15-11-14(12-7-3-1-4-8-12)13-9-5-2-6-10-13/h12-14H,1-11H2. The van der Waals surface area contributed by atoms with E-state index in [2.05, 4.69) is 0 Å². The van der Waals surface area contributed by atoms with Gasteiger partial charge in [-0.05, 0) is 17.8 Å². The SMILES string of the molecule is ClCC(C1CCCCC1)C1CCCCC1. The van der Waals surface area contributed by atoms with Gasteiger partial charge in [0.15, 0.2) is 0 Å². The minimum atomic E-state index is 0.854. The summed E-state index contributed by atoms with van der Waals surface area (Å²) in [7, 11) is 0. The molecule has 2 fully saturated rings. The molecule has 1 heteroatoms. The lowest BCUT2D eigenvalue weighted by Gasteiger charge is -2.36. The Kier molecular flexibility index (Phi) is 4.81. The molecule has 0 heterocycles. The van der Waals surface area contributed by atoms with Crippen molar-refractivity contribution in [3.05, 3.63) is 0 Å².